The summed E-state index contributed by atoms with van der Waals surface area (Å²) in [5.74, 6) is -1.23. The van der Waals surface area contributed by atoms with E-state index in [0.29, 0.717) is 16.5 Å². The molecule has 8 heteroatoms. The molecule has 1 amide bonds. The van der Waals surface area contributed by atoms with E-state index in [1.807, 2.05) is 54.6 Å². The van der Waals surface area contributed by atoms with E-state index in [4.69, 9.17) is 4.74 Å². The first-order valence-electron chi connectivity index (χ1n) is 11.9. The first kappa shape index (κ1) is 23.3. The van der Waals surface area contributed by atoms with E-state index in [1.54, 1.807) is 24.3 Å². The molecule has 0 bridgehead atoms. The van der Waals surface area contributed by atoms with Crippen molar-refractivity contribution in [2.45, 2.75) is 19.4 Å². The van der Waals surface area contributed by atoms with Crippen molar-refractivity contribution in [1.29, 1.82) is 0 Å². The molecule has 1 aromatic heterocycles. The number of ether oxygens (including phenoxy) is 1. The van der Waals surface area contributed by atoms with Crippen LogP contribution in [0.5, 0.6) is 0 Å². The number of hydrogen-bond acceptors (Lipinski definition) is 6. The minimum Gasteiger partial charge on any atom is -0.451 e. The molecule has 2 heterocycles. The third-order valence-electron chi connectivity index (χ3n) is 6.19. The highest BCUT2D eigenvalue weighted by molar-refractivity contribution is 6.03. The van der Waals surface area contributed by atoms with Crippen LogP contribution in [0.25, 0.3) is 10.8 Å². The van der Waals surface area contributed by atoms with Gasteiger partial charge in [-0.1, -0.05) is 48.5 Å². The Morgan fingerprint density at radius 1 is 0.861 bits per heavy atom. The van der Waals surface area contributed by atoms with Gasteiger partial charge in [0.15, 0.2) is 12.3 Å². The molecule has 5 rings (SSSR count). The smallest absolute Gasteiger partial charge is 0.359 e. The molecule has 0 aliphatic carbocycles. The fourth-order valence-corrected chi connectivity index (χ4v) is 4.38. The van der Waals surface area contributed by atoms with Crippen molar-refractivity contribution in [2.24, 2.45) is 0 Å². The minimum absolute atomic E-state index is 0.0103. The van der Waals surface area contributed by atoms with Gasteiger partial charge >= 0.3 is 5.97 Å². The summed E-state index contributed by atoms with van der Waals surface area (Å²) < 4.78 is 6.53. The zero-order chi connectivity index (χ0) is 24.9. The Morgan fingerprint density at radius 3 is 2.25 bits per heavy atom. The summed E-state index contributed by atoms with van der Waals surface area (Å²) in [6.45, 7) is 1.82. The summed E-state index contributed by atoms with van der Waals surface area (Å²) in [6, 6.07) is 23.7. The predicted molar refractivity (Wildman–Crippen MR) is 138 cm³/mol. The summed E-state index contributed by atoms with van der Waals surface area (Å²) in [5, 5.41) is 7.79. The fourth-order valence-electron chi connectivity index (χ4n) is 4.38. The average molecular weight is 483 g/mol. The molecule has 0 radical (unpaired) electrons. The van der Waals surface area contributed by atoms with Crippen LogP contribution < -0.4 is 15.8 Å². The van der Waals surface area contributed by atoms with Gasteiger partial charge in [-0.3, -0.25) is 9.59 Å². The topological polar surface area (TPSA) is 93.5 Å². The number of esters is 1. The molecular weight excluding hydrogens is 456 g/mol. The van der Waals surface area contributed by atoms with Crippen LogP contribution in [0.2, 0.25) is 0 Å². The van der Waals surface area contributed by atoms with Crippen LogP contribution in [0.4, 0.5) is 11.4 Å². The lowest BCUT2D eigenvalue weighted by molar-refractivity contribution is -0.119. The number of carbonyl (C=O) groups excluding carboxylic acids is 2. The largest absolute Gasteiger partial charge is 0.451 e. The van der Waals surface area contributed by atoms with E-state index in [1.165, 1.54) is 17.5 Å². The molecule has 0 unspecified atom stereocenters. The standard InChI is InChI=1S/C28H26N4O4/c33-25(29-21-12-14-22(15-13-21)31-16-6-7-17-31)19-36-28(35)26-23-10-4-5-11-24(23)27(34)32(30-26)18-20-8-2-1-3-9-20/h1-5,8-15H,6-7,16-19H2,(H,29,33). The quantitative estimate of drug-likeness (QED) is 0.403. The number of carbonyl (C=O) groups is 2. The van der Waals surface area contributed by atoms with Gasteiger partial charge in [0.2, 0.25) is 0 Å². The maximum Gasteiger partial charge on any atom is 0.359 e. The van der Waals surface area contributed by atoms with Gasteiger partial charge in [0.1, 0.15) is 0 Å². The summed E-state index contributed by atoms with van der Waals surface area (Å²) >= 11 is 0. The first-order chi connectivity index (χ1) is 17.6. The third kappa shape index (κ3) is 5.12. The first-order valence-corrected chi connectivity index (χ1v) is 11.9. The van der Waals surface area contributed by atoms with Crippen LogP contribution in [-0.2, 0) is 16.1 Å². The lowest BCUT2D eigenvalue weighted by Crippen LogP contribution is -2.28. The van der Waals surface area contributed by atoms with E-state index in [-0.39, 0.29) is 17.8 Å². The molecule has 1 N–H and O–H groups in total. The number of anilines is 2. The number of hydrogen-bond donors (Lipinski definition) is 1. The van der Waals surface area contributed by atoms with Crippen LogP contribution in [0.1, 0.15) is 28.9 Å². The molecule has 8 nitrogen and oxygen atoms in total. The van der Waals surface area contributed by atoms with Crippen LogP contribution in [0.3, 0.4) is 0 Å². The molecular formula is C28H26N4O4. The predicted octanol–water partition coefficient (Wildman–Crippen LogP) is 3.84. The van der Waals surface area contributed by atoms with E-state index in [2.05, 4.69) is 15.3 Å². The zero-order valence-corrected chi connectivity index (χ0v) is 19.7. The van der Waals surface area contributed by atoms with Gasteiger partial charge in [0, 0.05) is 29.9 Å². The van der Waals surface area contributed by atoms with Gasteiger partial charge < -0.3 is 15.0 Å². The Morgan fingerprint density at radius 2 is 1.53 bits per heavy atom. The highest BCUT2D eigenvalue weighted by Crippen LogP contribution is 2.22. The normalized spacial score (nSPS) is 13.1. The van der Waals surface area contributed by atoms with Gasteiger partial charge in [-0.2, -0.15) is 5.10 Å². The number of fused-ring (bicyclic) bond motifs is 1. The van der Waals surface area contributed by atoms with Crippen molar-refractivity contribution >= 4 is 34.0 Å². The zero-order valence-electron chi connectivity index (χ0n) is 19.7. The van der Waals surface area contributed by atoms with Crippen molar-refractivity contribution in [3.63, 3.8) is 0 Å². The number of rotatable bonds is 7. The fraction of sp³-hybridized carbons (Fsp3) is 0.214. The molecule has 0 saturated carbocycles. The summed E-state index contributed by atoms with van der Waals surface area (Å²) in [6.07, 6.45) is 2.38. The van der Waals surface area contributed by atoms with E-state index in [9.17, 15) is 14.4 Å². The second kappa shape index (κ2) is 10.4. The van der Waals surface area contributed by atoms with Crippen LogP contribution >= 0.6 is 0 Å². The lowest BCUT2D eigenvalue weighted by atomic mass is 10.1. The molecule has 36 heavy (non-hydrogen) atoms. The number of nitrogens with one attached hydrogen (secondary N) is 1. The maximum absolute atomic E-state index is 13.0. The van der Waals surface area contributed by atoms with Crippen LogP contribution in [0.15, 0.2) is 83.7 Å². The maximum atomic E-state index is 13.0. The van der Waals surface area contributed by atoms with Crippen LogP contribution in [-0.4, -0.2) is 41.4 Å². The molecule has 1 fully saturated rings. The Bertz CT molecular complexity index is 1440. The van der Waals surface area contributed by atoms with Crippen molar-refractivity contribution in [2.75, 3.05) is 29.9 Å². The number of amides is 1. The van der Waals surface area contributed by atoms with Gasteiger partial charge in [-0.15, -0.1) is 0 Å². The number of nitrogens with zero attached hydrogens (tertiary/aromatic N) is 3. The Hall–Kier alpha value is -4.46. The summed E-state index contributed by atoms with van der Waals surface area (Å²) in [7, 11) is 0. The Balaban J connectivity index is 1.29. The SMILES string of the molecule is O=C(COC(=O)c1nn(Cc2ccccc2)c(=O)c2ccccc12)Nc1ccc(N2CCCC2)cc1. The molecule has 0 atom stereocenters. The summed E-state index contributed by atoms with van der Waals surface area (Å²) in [4.78, 5) is 40.7. The highest BCUT2D eigenvalue weighted by Gasteiger charge is 2.19. The van der Waals surface area contributed by atoms with Crippen molar-refractivity contribution < 1.29 is 14.3 Å². The second-order valence-electron chi connectivity index (χ2n) is 8.71. The lowest BCUT2D eigenvalue weighted by Gasteiger charge is -2.17. The second-order valence-corrected chi connectivity index (χ2v) is 8.71. The van der Waals surface area contributed by atoms with E-state index >= 15 is 0 Å². The molecule has 1 saturated heterocycles. The number of aromatic nitrogens is 2. The molecule has 3 aromatic carbocycles. The van der Waals surface area contributed by atoms with E-state index < -0.39 is 18.5 Å². The van der Waals surface area contributed by atoms with Crippen molar-refractivity contribution in [1.82, 2.24) is 9.78 Å². The molecule has 1 aliphatic heterocycles. The van der Waals surface area contributed by atoms with Crippen LogP contribution in [0, 0.1) is 0 Å². The van der Waals surface area contributed by atoms with Crippen molar-refractivity contribution in [3.8, 4) is 0 Å². The van der Waals surface area contributed by atoms with Gasteiger partial charge in [-0.05, 0) is 48.7 Å². The monoisotopic (exact) mass is 482 g/mol. The highest BCUT2D eigenvalue weighted by atomic mass is 16.5. The molecule has 182 valence electrons. The van der Waals surface area contributed by atoms with Gasteiger partial charge in [-0.25, -0.2) is 9.48 Å². The number of benzene rings is 3. The Labute approximate surface area is 208 Å². The molecule has 4 aromatic rings. The minimum atomic E-state index is -0.771. The average Bonchev–Trinajstić information content (AvgIpc) is 3.45. The van der Waals surface area contributed by atoms with Crippen molar-refractivity contribution in [3.05, 3.63) is 100 Å². The molecule has 0 spiro atoms. The molecule has 1 aliphatic rings. The Kier molecular flexibility index (Phi) is 6.75. The van der Waals surface area contributed by atoms with E-state index in [0.717, 1.165) is 24.3 Å². The third-order valence-corrected chi connectivity index (χ3v) is 6.19. The summed E-state index contributed by atoms with van der Waals surface area (Å²) in [5.41, 5.74) is 2.31. The van der Waals surface area contributed by atoms with Gasteiger partial charge in [0.25, 0.3) is 11.5 Å². The van der Waals surface area contributed by atoms with Gasteiger partial charge in [0.05, 0.1) is 11.9 Å².